The van der Waals surface area contributed by atoms with Crippen molar-refractivity contribution >= 4 is 32.4 Å². The Balaban J connectivity index is 1.42. The van der Waals surface area contributed by atoms with Crippen molar-refractivity contribution in [1.29, 1.82) is 0 Å². The summed E-state index contributed by atoms with van der Waals surface area (Å²) in [5.41, 5.74) is 0.556. The normalized spacial score (nSPS) is 18.5. The van der Waals surface area contributed by atoms with Gasteiger partial charge in [-0.05, 0) is 35.2 Å². The Morgan fingerprint density at radius 2 is 1.81 bits per heavy atom. The van der Waals surface area contributed by atoms with E-state index in [0.29, 0.717) is 18.5 Å². The zero-order valence-electron chi connectivity index (χ0n) is 14.4. The zero-order valence-corrected chi connectivity index (χ0v) is 15.2. The molecule has 26 heavy (non-hydrogen) atoms. The number of hydrogen-bond acceptors (Lipinski definition) is 4. The topological polar surface area (TPSA) is 92.3 Å². The van der Waals surface area contributed by atoms with E-state index in [1.54, 1.807) is 6.07 Å². The molecule has 2 aromatic rings. The molecule has 0 spiro atoms. The van der Waals surface area contributed by atoms with Crippen molar-refractivity contribution in [3.8, 4) is 0 Å². The molecule has 1 fully saturated rings. The number of fused-ring (bicyclic) bond motifs is 1. The van der Waals surface area contributed by atoms with Crippen LogP contribution in [0.1, 0.15) is 23.2 Å². The fraction of sp³-hybridized carbons (Fsp3) is 0.368. The molecule has 2 aromatic carbocycles. The van der Waals surface area contributed by atoms with E-state index in [1.807, 2.05) is 36.4 Å². The summed E-state index contributed by atoms with van der Waals surface area (Å²) in [7, 11) is -2.93. The third-order valence-corrected chi connectivity index (χ3v) is 6.40. The lowest BCUT2D eigenvalue weighted by Gasteiger charge is -2.10. The number of nitrogens with one attached hydrogen (secondary N) is 2. The SMILES string of the molecule is O=C(CCNC(=O)c1ccc2ccccc2c1)NCC1CCS(=O)(=O)C1. The summed E-state index contributed by atoms with van der Waals surface area (Å²) >= 11 is 0. The summed E-state index contributed by atoms with van der Waals surface area (Å²) in [6.45, 7) is 0.608. The molecule has 7 heteroatoms. The lowest BCUT2D eigenvalue weighted by Crippen LogP contribution is -2.33. The second kappa shape index (κ2) is 7.86. The van der Waals surface area contributed by atoms with E-state index < -0.39 is 9.84 Å². The molecule has 0 aromatic heterocycles. The van der Waals surface area contributed by atoms with Crippen LogP contribution < -0.4 is 10.6 Å². The maximum Gasteiger partial charge on any atom is 0.251 e. The van der Waals surface area contributed by atoms with Gasteiger partial charge in [-0.1, -0.05) is 30.3 Å². The molecule has 0 aliphatic carbocycles. The molecule has 2 N–H and O–H groups in total. The first-order valence-corrected chi connectivity index (χ1v) is 10.5. The Kier molecular flexibility index (Phi) is 5.56. The second-order valence-corrected chi connectivity index (χ2v) is 8.87. The second-order valence-electron chi connectivity index (χ2n) is 6.64. The van der Waals surface area contributed by atoms with Crippen LogP contribution in [0.15, 0.2) is 42.5 Å². The van der Waals surface area contributed by atoms with Gasteiger partial charge in [0.25, 0.3) is 5.91 Å². The molecular formula is C19H22N2O4S. The molecule has 1 aliphatic heterocycles. The lowest BCUT2D eigenvalue weighted by atomic mass is 10.1. The number of rotatable bonds is 6. The van der Waals surface area contributed by atoms with Crippen LogP contribution in [0, 0.1) is 5.92 Å². The van der Waals surface area contributed by atoms with Gasteiger partial charge >= 0.3 is 0 Å². The molecule has 3 rings (SSSR count). The molecule has 0 bridgehead atoms. The third kappa shape index (κ3) is 4.82. The number of amides is 2. The van der Waals surface area contributed by atoms with Gasteiger partial charge in [-0.25, -0.2) is 8.42 Å². The van der Waals surface area contributed by atoms with Gasteiger partial charge in [-0.15, -0.1) is 0 Å². The minimum Gasteiger partial charge on any atom is -0.356 e. The largest absolute Gasteiger partial charge is 0.356 e. The number of sulfone groups is 1. The van der Waals surface area contributed by atoms with Crippen molar-refractivity contribution in [2.75, 3.05) is 24.6 Å². The van der Waals surface area contributed by atoms with Crippen molar-refractivity contribution in [1.82, 2.24) is 10.6 Å². The Bertz CT molecular complexity index is 924. The third-order valence-electron chi connectivity index (χ3n) is 4.56. The Morgan fingerprint density at radius 3 is 2.54 bits per heavy atom. The summed E-state index contributed by atoms with van der Waals surface area (Å²) in [5.74, 6) is -0.0592. The standard InChI is InChI=1S/C19H22N2O4S/c22-18(21-12-14-8-10-26(24,25)13-14)7-9-20-19(23)17-6-5-15-3-1-2-4-16(15)11-17/h1-6,11,14H,7-10,12-13H2,(H,20,23)(H,21,22). The van der Waals surface area contributed by atoms with E-state index in [2.05, 4.69) is 10.6 Å². The van der Waals surface area contributed by atoms with Gasteiger partial charge in [-0.2, -0.15) is 0 Å². The van der Waals surface area contributed by atoms with Crippen LogP contribution in [-0.4, -0.2) is 44.8 Å². The van der Waals surface area contributed by atoms with Gasteiger partial charge < -0.3 is 10.6 Å². The zero-order chi connectivity index (χ0) is 18.6. The highest BCUT2D eigenvalue weighted by Gasteiger charge is 2.27. The Hall–Kier alpha value is -2.41. The minimum atomic E-state index is -2.93. The van der Waals surface area contributed by atoms with Crippen molar-refractivity contribution in [3.63, 3.8) is 0 Å². The van der Waals surface area contributed by atoms with Crippen molar-refractivity contribution in [2.45, 2.75) is 12.8 Å². The van der Waals surface area contributed by atoms with Crippen LogP contribution in [0.4, 0.5) is 0 Å². The quantitative estimate of drug-likeness (QED) is 0.802. The van der Waals surface area contributed by atoms with Gasteiger partial charge in [0.1, 0.15) is 0 Å². The molecule has 1 saturated heterocycles. The predicted octanol–water partition coefficient (Wildman–Crippen LogP) is 1.51. The number of hydrogen-bond donors (Lipinski definition) is 2. The molecule has 2 amide bonds. The van der Waals surface area contributed by atoms with Crippen molar-refractivity contribution < 1.29 is 18.0 Å². The van der Waals surface area contributed by atoms with E-state index in [0.717, 1.165) is 10.8 Å². The summed E-state index contributed by atoms with van der Waals surface area (Å²) in [6, 6.07) is 13.3. The maximum absolute atomic E-state index is 12.2. The number of carbonyl (C=O) groups is 2. The molecule has 1 aliphatic rings. The van der Waals surface area contributed by atoms with E-state index >= 15 is 0 Å². The summed E-state index contributed by atoms with van der Waals surface area (Å²) < 4.78 is 22.8. The number of carbonyl (C=O) groups excluding carboxylic acids is 2. The van der Waals surface area contributed by atoms with Crippen LogP contribution in [-0.2, 0) is 14.6 Å². The first kappa shape index (κ1) is 18.4. The van der Waals surface area contributed by atoms with E-state index in [-0.39, 0.29) is 42.2 Å². The van der Waals surface area contributed by atoms with Crippen molar-refractivity contribution in [3.05, 3.63) is 48.0 Å². The van der Waals surface area contributed by atoms with Crippen LogP contribution >= 0.6 is 0 Å². The van der Waals surface area contributed by atoms with Crippen molar-refractivity contribution in [2.24, 2.45) is 5.92 Å². The Morgan fingerprint density at radius 1 is 1.04 bits per heavy atom. The fourth-order valence-corrected chi connectivity index (χ4v) is 4.96. The predicted molar refractivity (Wildman–Crippen MR) is 101 cm³/mol. The maximum atomic E-state index is 12.2. The average molecular weight is 374 g/mol. The van der Waals surface area contributed by atoms with Crippen LogP contribution in [0.25, 0.3) is 10.8 Å². The average Bonchev–Trinajstić information content (AvgIpc) is 2.98. The number of benzene rings is 2. The molecule has 1 atom stereocenters. The highest BCUT2D eigenvalue weighted by Crippen LogP contribution is 2.17. The minimum absolute atomic E-state index is 0.00357. The highest BCUT2D eigenvalue weighted by atomic mass is 32.2. The molecule has 0 radical (unpaired) electrons. The monoisotopic (exact) mass is 374 g/mol. The van der Waals surface area contributed by atoms with Gasteiger partial charge in [-0.3, -0.25) is 9.59 Å². The van der Waals surface area contributed by atoms with Crippen LogP contribution in [0.5, 0.6) is 0 Å². The summed E-state index contributed by atoms with van der Waals surface area (Å²) in [6.07, 6.45) is 0.764. The van der Waals surface area contributed by atoms with Crippen LogP contribution in [0.3, 0.4) is 0 Å². The highest BCUT2D eigenvalue weighted by molar-refractivity contribution is 7.91. The van der Waals surface area contributed by atoms with Gasteiger partial charge in [0, 0.05) is 25.1 Å². The molecule has 138 valence electrons. The first-order chi connectivity index (χ1) is 12.4. The van der Waals surface area contributed by atoms with E-state index in [4.69, 9.17) is 0 Å². The first-order valence-electron chi connectivity index (χ1n) is 8.67. The summed E-state index contributed by atoms with van der Waals surface area (Å²) in [4.78, 5) is 24.0. The molecule has 0 saturated carbocycles. The van der Waals surface area contributed by atoms with E-state index in [1.165, 1.54) is 0 Å². The molecular weight excluding hydrogens is 352 g/mol. The lowest BCUT2D eigenvalue weighted by molar-refractivity contribution is -0.121. The fourth-order valence-electron chi connectivity index (χ4n) is 3.10. The smallest absolute Gasteiger partial charge is 0.251 e. The van der Waals surface area contributed by atoms with Gasteiger partial charge in [0.2, 0.25) is 5.91 Å². The van der Waals surface area contributed by atoms with Gasteiger partial charge in [0.05, 0.1) is 11.5 Å². The summed E-state index contributed by atoms with van der Waals surface area (Å²) in [5, 5.41) is 7.54. The molecule has 6 nitrogen and oxygen atoms in total. The van der Waals surface area contributed by atoms with Gasteiger partial charge in [0.15, 0.2) is 9.84 Å². The van der Waals surface area contributed by atoms with E-state index in [9.17, 15) is 18.0 Å². The van der Waals surface area contributed by atoms with Crippen LogP contribution in [0.2, 0.25) is 0 Å². The molecule has 1 heterocycles. The Labute approximate surface area is 152 Å². The molecule has 1 unspecified atom stereocenters.